The van der Waals surface area contributed by atoms with Gasteiger partial charge in [0.1, 0.15) is 11.6 Å². The van der Waals surface area contributed by atoms with Crippen molar-refractivity contribution in [3.8, 4) is 0 Å². The fourth-order valence-corrected chi connectivity index (χ4v) is 2.48. The molecule has 0 spiro atoms. The smallest absolute Gasteiger partial charge is 0.379 e. The fourth-order valence-electron chi connectivity index (χ4n) is 2.48. The SMILES string of the molecule is Cc1cc(N2CCC(O)(C(F)(F)F)C2)nc(C2CC2)n1. The highest BCUT2D eigenvalue weighted by Crippen LogP contribution is 2.41. The van der Waals surface area contributed by atoms with Crippen molar-refractivity contribution in [3.63, 3.8) is 0 Å². The third-order valence-electron chi connectivity index (χ3n) is 3.90. The molecule has 20 heavy (non-hydrogen) atoms. The Balaban J connectivity index is 1.84. The molecule has 4 nitrogen and oxygen atoms in total. The molecule has 3 rings (SSSR count). The number of nitrogens with zero attached hydrogens (tertiary/aromatic N) is 3. The monoisotopic (exact) mass is 287 g/mol. The lowest BCUT2D eigenvalue weighted by atomic mass is 10.0. The summed E-state index contributed by atoms with van der Waals surface area (Å²) in [5.41, 5.74) is -1.88. The van der Waals surface area contributed by atoms with Crippen LogP contribution in [0.3, 0.4) is 0 Å². The number of hydrogen-bond acceptors (Lipinski definition) is 4. The molecule has 2 heterocycles. The van der Waals surface area contributed by atoms with Gasteiger partial charge < -0.3 is 10.0 Å². The van der Waals surface area contributed by atoms with Gasteiger partial charge in [0, 0.05) is 30.6 Å². The van der Waals surface area contributed by atoms with Crippen molar-refractivity contribution < 1.29 is 18.3 Å². The van der Waals surface area contributed by atoms with Crippen molar-refractivity contribution in [2.75, 3.05) is 18.0 Å². The molecule has 7 heteroatoms. The highest BCUT2D eigenvalue weighted by atomic mass is 19.4. The van der Waals surface area contributed by atoms with Gasteiger partial charge in [-0.3, -0.25) is 0 Å². The van der Waals surface area contributed by atoms with Gasteiger partial charge in [-0.05, 0) is 19.8 Å². The van der Waals surface area contributed by atoms with Crippen molar-refractivity contribution in [3.05, 3.63) is 17.6 Å². The average molecular weight is 287 g/mol. The lowest BCUT2D eigenvalue weighted by Gasteiger charge is -2.26. The van der Waals surface area contributed by atoms with Gasteiger partial charge in [0.15, 0.2) is 5.60 Å². The second-order valence-electron chi connectivity index (χ2n) is 5.70. The van der Waals surface area contributed by atoms with Crippen LogP contribution < -0.4 is 4.90 Å². The van der Waals surface area contributed by atoms with Crippen LogP contribution in [0.25, 0.3) is 0 Å². The highest BCUT2D eigenvalue weighted by Gasteiger charge is 2.57. The van der Waals surface area contributed by atoms with Crippen molar-refractivity contribution in [2.45, 2.75) is 43.9 Å². The van der Waals surface area contributed by atoms with E-state index in [2.05, 4.69) is 9.97 Å². The van der Waals surface area contributed by atoms with Crippen LogP contribution in [-0.2, 0) is 0 Å². The summed E-state index contributed by atoms with van der Waals surface area (Å²) in [5, 5.41) is 9.71. The Hall–Kier alpha value is -1.37. The normalized spacial score (nSPS) is 27.1. The maximum absolute atomic E-state index is 12.8. The van der Waals surface area contributed by atoms with E-state index in [1.807, 2.05) is 6.92 Å². The van der Waals surface area contributed by atoms with Gasteiger partial charge >= 0.3 is 6.18 Å². The maximum Gasteiger partial charge on any atom is 0.418 e. The largest absolute Gasteiger partial charge is 0.418 e. The number of aryl methyl sites for hydroxylation is 1. The van der Waals surface area contributed by atoms with Crippen LogP contribution in [0.15, 0.2) is 6.07 Å². The number of alkyl halides is 3. The lowest BCUT2D eigenvalue weighted by Crippen LogP contribution is -2.47. The maximum atomic E-state index is 12.8. The molecule has 1 atom stereocenters. The number of aromatic nitrogens is 2. The number of halogens is 3. The van der Waals surface area contributed by atoms with E-state index in [0.717, 1.165) is 18.5 Å². The Labute approximate surface area is 114 Å². The third-order valence-corrected chi connectivity index (χ3v) is 3.90. The zero-order chi connectivity index (χ0) is 14.5. The van der Waals surface area contributed by atoms with E-state index in [-0.39, 0.29) is 13.0 Å². The zero-order valence-corrected chi connectivity index (χ0v) is 11.1. The van der Waals surface area contributed by atoms with Gasteiger partial charge in [-0.1, -0.05) is 0 Å². The molecule has 0 aromatic carbocycles. The molecule has 1 aromatic rings. The summed E-state index contributed by atoms with van der Waals surface area (Å²) >= 11 is 0. The second kappa shape index (κ2) is 4.31. The molecule has 1 unspecified atom stereocenters. The quantitative estimate of drug-likeness (QED) is 0.905. The lowest BCUT2D eigenvalue weighted by molar-refractivity contribution is -0.250. The van der Waals surface area contributed by atoms with Crippen LogP contribution in [-0.4, -0.2) is 39.9 Å². The summed E-state index contributed by atoms with van der Waals surface area (Å²) in [5.74, 6) is 1.54. The molecule has 2 fully saturated rings. The summed E-state index contributed by atoms with van der Waals surface area (Å²) in [6.07, 6.45) is -2.85. The Morgan fingerprint density at radius 1 is 1.35 bits per heavy atom. The molecule has 0 amide bonds. The third kappa shape index (κ3) is 2.34. The molecule has 1 aliphatic carbocycles. The summed E-state index contributed by atoms with van der Waals surface area (Å²) in [6, 6.07) is 1.67. The van der Waals surface area contributed by atoms with E-state index in [0.29, 0.717) is 17.6 Å². The molecule has 1 N–H and O–H groups in total. The topological polar surface area (TPSA) is 49.2 Å². The standard InChI is InChI=1S/C13H16F3N3O/c1-8-6-10(18-11(17-8)9-2-3-9)19-5-4-12(20,7-19)13(14,15)16/h6,9,20H,2-5,7H2,1H3. The van der Waals surface area contributed by atoms with Crippen LogP contribution >= 0.6 is 0 Å². The van der Waals surface area contributed by atoms with E-state index in [9.17, 15) is 18.3 Å². The Morgan fingerprint density at radius 2 is 2.05 bits per heavy atom. The first-order chi connectivity index (χ1) is 9.28. The molecular formula is C13H16F3N3O. The first kappa shape index (κ1) is 13.6. The second-order valence-corrected chi connectivity index (χ2v) is 5.70. The zero-order valence-electron chi connectivity index (χ0n) is 11.1. The van der Waals surface area contributed by atoms with Gasteiger partial charge in [-0.15, -0.1) is 0 Å². The van der Waals surface area contributed by atoms with Crippen LogP contribution in [0.5, 0.6) is 0 Å². The van der Waals surface area contributed by atoms with E-state index in [1.54, 1.807) is 6.07 Å². The minimum absolute atomic E-state index is 0.149. The molecule has 0 radical (unpaired) electrons. The number of β-amino-alcohol motifs (C(OH)–C–C–N with tert-alkyl or cyclic N) is 1. The van der Waals surface area contributed by atoms with Gasteiger partial charge in [0.05, 0.1) is 6.54 Å². The average Bonchev–Trinajstić information content (AvgIpc) is 3.10. The molecule has 2 aliphatic rings. The van der Waals surface area contributed by atoms with Crippen molar-refractivity contribution in [2.24, 2.45) is 0 Å². The van der Waals surface area contributed by atoms with Crippen LogP contribution in [0.4, 0.5) is 19.0 Å². The van der Waals surface area contributed by atoms with Crippen LogP contribution in [0.2, 0.25) is 0 Å². The molecule has 1 aromatic heterocycles. The van der Waals surface area contributed by atoms with E-state index in [1.165, 1.54) is 4.90 Å². The predicted molar refractivity (Wildman–Crippen MR) is 66.6 cm³/mol. The van der Waals surface area contributed by atoms with E-state index < -0.39 is 18.3 Å². The van der Waals surface area contributed by atoms with Gasteiger partial charge in [0.2, 0.25) is 0 Å². The molecule has 110 valence electrons. The summed E-state index contributed by atoms with van der Waals surface area (Å²) in [6.45, 7) is 1.50. The first-order valence-electron chi connectivity index (χ1n) is 6.68. The minimum atomic E-state index is -4.61. The van der Waals surface area contributed by atoms with Gasteiger partial charge in [-0.25, -0.2) is 9.97 Å². The molecule has 1 aliphatic heterocycles. The van der Waals surface area contributed by atoms with Crippen LogP contribution in [0.1, 0.15) is 36.7 Å². The number of aliphatic hydroxyl groups is 1. The fraction of sp³-hybridized carbons (Fsp3) is 0.692. The molecule has 0 bridgehead atoms. The van der Waals surface area contributed by atoms with E-state index >= 15 is 0 Å². The van der Waals surface area contributed by atoms with Gasteiger partial charge in [-0.2, -0.15) is 13.2 Å². The number of rotatable bonds is 2. The number of anilines is 1. The molecule has 1 saturated heterocycles. The Morgan fingerprint density at radius 3 is 2.60 bits per heavy atom. The minimum Gasteiger partial charge on any atom is -0.379 e. The molecular weight excluding hydrogens is 271 g/mol. The highest BCUT2D eigenvalue weighted by molar-refractivity contribution is 5.43. The van der Waals surface area contributed by atoms with Gasteiger partial charge in [0.25, 0.3) is 0 Å². The Bertz CT molecular complexity index is 530. The van der Waals surface area contributed by atoms with Crippen molar-refractivity contribution in [1.29, 1.82) is 0 Å². The van der Waals surface area contributed by atoms with Crippen molar-refractivity contribution in [1.82, 2.24) is 9.97 Å². The predicted octanol–water partition coefficient (Wildman–Crippen LogP) is 2.17. The van der Waals surface area contributed by atoms with Crippen molar-refractivity contribution >= 4 is 5.82 Å². The summed E-state index contributed by atoms with van der Waals surface area (Å²) < 4.78 is 38.5. The molecule has 1 saturated carbocycles. The number of hydrogen-bond donors (Lipinski definition) is 1. The summed E-state index contributed by atoms with van der Waals surface area (Å²) in [4.78, 5) is 10.2. The Kier molecular flexibility index (Phi) is 2.93. The van der Waals surface area contributed by atoms with Crippen LogP contribution in [0, 0.1) is 6.92 Å². The first-order valence-corrected chi connectivity index (χ1v) is 6.68. The summed E-state index contributed by atoms with van der Waals surface area (Å²) in [7, 11) is 0. The van der Waals surface area contributed by atoms with E-state index in [4.69, 9.17) is 0 Å².